The minimum Gasteiger partial charge on any atom is -0.0760 e. The number of allylic oxidation sites excluding steroid dienone is 1. The Morgan fingerprint density at radius 2 is 1.40 bits per heavy atom. The van der Waals surface area contributed by atoms with Gasteiger partial charge in [0.15, 0.2) is 0 Å². The number of hydrogen-bond donors (Lipinski definition) is 0. The van der Waals surface area contributed by atoms with Crippen molar-refractivity contribution in [2.45, 2.75) is 39.0 Å². The second-order valence-corrected chi connectivity index (χ2v) is 5.57. The third-order valence-electron chi connectivity index (χ3n) is 4.18. The Labute approximate surface area is 122 Å². The normalized spacial score (nSPS) is 13.3. The van der Waals surface area contributed by atoms with E-state index in [-0.39, 0.29) is 0 Å². The van der Waals surface area contributed by atoms with Crippen LogP contribution < -0.4 is 0 Å². The highest BCUT2D eigenvalue weighted by Crippen LogP contribution is 2.33. The van der Waals surface area contributed by atoms with Crippen molar-refractivity contribution >= 4 is 5.57 Å². The number of aryl methyl sites for hydroxylation is 2. The summed E-state index contributed by atoms with van der Waals surface area (Å²) in [6.07, 6.45) is 8.46. The van der Waals surface area contributed by atoms with Crippen molar-refractivity contribution in [3.63, 3.8) is 0 Å². The van der Waals surface area contributed by atoms with Gasteiger partial charge in [0.2, 0.25) is 0 Å². The Morgan fingerprint density at radius 1 is 0.850 bits per heavy atom. The lowest BCUT2D eigenvalue weighted by atomic mass is 9.93. The molecule has 20 heavy (non-hydrogen) atoms. The van der Waals surface area contributed by atoms with Crippen molar-refractivity contribution in [1.29, 1.82) is 0 Å². The molecule has 0 N–H and O–H groups in total. The van der Waals surface area contributed by atoms with Crippen LogP contribution >= 0.6 is 0 Å². The van der Waals surface area contributed by atoms with Crippen LogP contribution in [0.25, 0.3) is 5.57 Å². The van der Waals surface area contributed by atoms with Gasteiger partial charge in [0.25, 0.3) is 0 Å². The number of unbranched alkanes of at least 4 members (excludes halogenated alkanes) is 2. The van der Waals surface area contributed by atoms with Gasteiger partial charge in [-0.25, -0.2) is 0 Å². The molecule has 0 aromatic heterocycles. The van der Waals surface area contributed by atoms with Crippen molar-refractivity contribution in [3.05, 3.63) is 76.9 Å². The van der Waals surface area contributed by atoms with Gasteiger partial charge in [-0.2, -0.15) is 0 Å². The van der Waals surface area contributed by atoms with Crippen LogP contribution in [-0.4, -0.2) is 0 Å². The summed E-state index contributed by atoms with van der Waals surface area (Å²) in [4.78, 5) is 0. The summed E-state index contributed by atoms with van der Waals surface area (Å²) in [6.45, 7) is 2.26. The van der Waals surface area contributed by atoms with E-state index in [4.69, 9.17) is 0 Å². The summed E-state index contributed by atoms with van der Waals surface area (Å²) in [5.41, 5.74) is 7.31. The average molecular weight is 262 g/mol. The molecular weight excluding hydrogens is 240 g/mol. The van der Waals surface area contributed by atoms with Gasteiger partial charge in [-0.1, -0.05) is 74.4 Å². The zero-order valence-electron chi connectivity index (χ0n) is 12.2. The zero-order chi connectivity index (χ0) is 13.8. The Bertz CT molecular complexity index is 570. The summed E-state index contributed by atoms with van der Waals surface area (Å²) in [5.74, 6) is 0. The first-order chi connectivity index (χ1) is 9.90. The van der Waals surface area contributed by atoms with Gasteiger partial charge < -0.3 is 0 Å². The summed E-state index contributed by atoms with van der Waals surface area (Å²) < 4.78 is 0. The molecule has 0 spiro atoms. The number of hydrogen-bond acceptors (Lipinski definition) is 0. The highest BCUT2D eigenvalue weighted by Gasteiger charge is 2.16. The minimum atomic E-state index is 1.15. The van der Waals surface area contributed by atoms with Gasteiger partial charge >= 0.3 is 0 Å². The maximum absolute atomic E-state index is 2.45. The fourth-order valence-corrected chi connectivity index (χ4v) is 3.09. The van der Waals surface area contributed by atoms with Gasteiger partial charge in [-0.3, -0.25) is 0 Å². The lowest BCUT2D eigenvalue weighted by Gasteiger charge is -2.11. The van der Waals surface area contributed by atoms with Crippen LogP contribution in [0, 0.1) is 0 Å². The molecule has 0 radical (unpaired) electrons. The van der Waals surface area contributed by atoms with Crippen molar-refractivity contribution in [3.8, 4) is 0 Å². The van der Waals surface area contributed by atoms with E-state index in [0.29, 0.717) is 0 Å². The molecule has 0 heterocycles. The smallest absolute Gasteiger partial charge is 0.0146 e. The van der Waals surface area contributed by atoms with E-state index in [9.17, 15) is 0 Å². The second kappa shape index (κ2) is 6.09. The molecule has 0 amide bonds. The highest BCUT2D eigenvalue weighted by molar-refractivity contribution is 5.83. The lowest BCUT2D eigenvalue weighted by molar-refractivity contribution is 0.815. The predicted molar refractivity (Wildman–Crippen MR) is 86.9 cm³/mol. The maximum atomic E-state index is 2.45. The monoisotopic (exact) mass is 262 g/mol. The standard InChI is InChI=1S/C20H22/c1-2-3-4-13-20-18-11-7-5-9-16(18)14-15-17-10-6-8-12-19(17)20/h5-13H,2-4,14-15H2,1H3. The summed E-state index contributed by atoms with van der Waals surface area (Å²) in [7, 11) is 0. The van der Waals surface area contributed by atoms with Crippen LogP contribution in [0.1, 0.15) is 48.4 Å². The molecule has 0 saturated carbocycles. The number of fused-ring (bicyclic) bond motifs is 2. The Balaban J connectivity index is 2.11. The topological polar surface area (TPSA) is 0 Å². The van der Waals surface area contributed by atoms with E-state index in [1.54, 1.807) is 0 Å². The minimum absolute atomic E-state index is 1.15. The average Bonchev–Trinajstić information content (AvgIpc) is 2.66. The molecule has 1 aliphatic carbocycles. The maximum Gasteiger partial charge on any atom is -0.0146 e. The quantitative estimate of drug-likeness (QED) is 0.649. The van der Waals surface area contributed by atoms with Crippen LogP contribution in [0.4, 0.5) is 0 Å². The molecule has 1 aliphatic rings. The van der Waals surface area contributed by atoms with Crippen LogP contribution in [0.5, 0.6) is 0 Å². The van der Waals surface area contributed by atoms with Gasteiger partial charge in [-0.15, -0.1) is 0 Å². The predicted octanol–water partition coefficient (Wildman–Crippen LogP) is 5.41. The molecule has 3 rings (SSSR count). The summed E-state index contributed by atoms with van der Waals surface area (Å²) in [5, 5.41) is 0. The van der Waals surface area contributed by atoms with E-state index >= 15 is 0 Å². The van der Waals surface area contributed by atoms with E-state index in [2.05, 4.69) is 61.5 Å². The molecule has 0 aliphatic heterocycles. The van der Waals surface area contributed by atoms with Crippen LogP contribution in [-0.2, 0) is 12.8 Å². The molecule has 0 nitrogen and oxygen atoms in total. The molecule has 0 heteroatoms. The Morgan fingerprint density at radius 3 is 1.95 bits per heavy atom. The molecule has 102 valence electrons. The summed E-state index contributed by atoms with van der Waals surface area (Å²) >= 11 is 0. The van der Waals surface area contributed by atoms with E-state index < -0.39 is 0 Å². The molecule has 0 bridgehead atoms. The van der Waals surface area contributed by atoms with Crippen molar-refractivity contribution in [1.82, 2.24) is 0 Å². The number of benzene rings is 2. The van der Waals surface area contributed by atoms with Crippen LogP contribution in [0.15, 0.2) is 54.6 Å². The third-order valence-corrected chi connectivity index (χ3v) is 4.18. The molecular formula is C20H22. The zero-order valence-corrected chi connectivity index (χ0v) is 12.2. The van der Waals surface area contributed by atoms with E-state index in [1.807, 2.05) is 0 Å². The van der Waals surface area contributed by atoms with E-state index in [1.165, 1.54) is 47.1 Å². The molecule has 0 saturated heterocycles. The number of rotatable bonds is 3. The lowest BCUT2D eigenvalue weighted by Crippen LogP contribution is -1.92. The first kappa shape index (κ1) is 13.2. The first-order valence-corrected chi connectivity index (χ1v) is 7.77. The molecule has 0 unspecified atom stereocenters. The Kier molecular flexibility index (Phi) is 4.01. The first-order valence-electron chi connectivity index (χ1n) is 7.77. The third kappa shape index (κ3) is 2.56. The molecule has 0 atom stereocenters. The molecule has 2 aromatic carbocycles. The van der Waals surface area contributed by atoms with Gasteiger partial charge in [0.1, 0.15) is 0 Å². The van der Waals surface area contributed by atoms with Crippen molar-refractivity contribution < 1.29 is 0 Å². The van der Waals surface area contributed by atoms with Crippen molar-refractivity contribution in [2.75, 3.05) is 0 Å². The molecule has 0 fully saturated rings. The van der Waals surface area contributed by atoms with Crippen LogP contribution in [0.3, 0.4) is 0 Å². The largest absolute Gasteiger partial charge is 0.0760 e. The second-order valence-electron chi connectivity index (χ2n) is 5.57. The van der Waals surface area contributed by atoms with Gasteiger partial charge in [0.05, 0.1) is 0 Å². The van der Waals surface area contributed by atoms with Crippen molar-refractivity contribution in [2.24, 2.45) is 0 Å². The summed E-state index contributed by atoms with van der Waals surface area (Å²) in [6, 6.07) is 17.8. The van der Waals surface area contributed by atoms with E-state index in [0.717, 1.165) is 12.8 Å². The molecule has 2 aromatic rings. The van der Waals surface area contributed by atoms with Crippen LogP contribution in [0.2, 0.25) is 0 Å². The van der Waals surface area contributed by atoms with Gasteiger partial charge in [-0.05, 0) is 47.1 Å². The highest BCUT2D eigenvalue weighted by atomic mass is 14.2. The fraction of sp³-hybridized carbons (Fsp3) is 0.300. The van der Waals surface area contributed by atoms with Gasteiger partial charge in [0, 0.05) is 0 Å². The SMILES string of the molecule is CCCCC=C1c2ccccc2CCc2ccccc21. The fourth-order valence-electron chi connectivity index (χ4n) is 3.09. The Hall–Kier alpha value is -1.82.